The molecule has 0 bridgehead atoms. The molecule has 31 heavy (non-hydrogen) atoms. The van der Waals surface area contributed by atoms with Gasteiger partial charge in [0.25, 0.3) is 5.56 Å². The predicted octanol–water partition coefficient (Wildman–Crippen LogP) is 2.56. The second kappa shape index (κ2) is 10.5. The van der Waals surface area contributed by atoms with E-state index in [9.17, 15) is 14.4 Å². The zero-order chi connectivity index (χ0) is 22.5. The van der Waals surface area contributed by atoms with Crippen molar-refractivity contribution in [3.05, 3.63) is 20.8 Å². The lowest BCUT2D eigenvalue weighted by Crippen LogP contribution is -2.54. The van der Waals surface area contributed by atoms with Crippen molar-refractivity contribution in [3.8, 4) is 0 Å². The number of likely N-dealkylation sites (tertiary alicyclic amines) is 1. The van der Waals surface area contributed by atoms with Gasteiger partial charge in [0.15, 0.2) is 5.69 Å². The highest BCUT2D eigenvalue weighted by molar-refractivity contribution is 5.96. The smallest absolute Gasteiger partial charge is 0.330 e. The van der Waals surface area contributed by atoms with Crippen LogP contribution in [0.3, 0.4) is 0 Å². The van der Waals surface area contributed by atoms with Crippen LogP contribution in [0.5, 0.6) is 0 Å². The van der Waals surface area contributed by atoms with E-state index in [4.69, 9.17) is 5.73 Å². The fourth-order valence-electron chi connectivity index (χ4n) is 5.59. The van der Waals surface area contributed by atoms with Crippen molar-refractivity contribution in [1.82, 2.24) is 14.5 Å². The zero-order valence-corrected chi connectivity index (χ0v) is 19.4. The number of hydrogen-bond donors (Lipinski definition) is 2. The van der Waals surface area contributed by atoms with Gasteiger partial charge in [0.1, 0.15) is 5.82 Å². The third-order valence-electron chi connectivity index (χ3n) is 7.05. The summed E-state index contributed by atoms with van der Waals surface area (Å²) in [5, 5.41) is 0. The number of piperidine rings is 1. The quantitative estimate of drug-likeness (QED) is 0.656. The van der Waals surface area contributed by atoms with Gasteiger partial charge >= 0.3 is 5.69 Å². The second-order valence-corrected chi connectivity index (χ2v) is 9.32. The van der Waals surface area contributed by atoms with Gasteiger partial charge in [-0.1, -0.05) is 33.6 Å². The molecule has 174 valence electrons. The Balaban J connectivity index is 1.91. The lowest BCUT2D eigenvalue weighted by Gasteiger charge is -2.47. The molecule has 1 aromatic heterocycles. The number of nitrogen functional groups attached to an aromatic ring is 1. The lowest BCUT2D eigenvalue weighted by atomic mass is 9.73. The van der Waals surface area contributed by atoms with Crippen LogP contribution in [0.4, 0.5) is 11.5 Å². The van der Waals surface area contributed by atoms with E-state index in [1.165, 1.54) is 35.2 Å². The molecule has 3 rings (SSSR count). The Kier molecular flexibility index (Phi) is 7.97. The minimum Gasteiger partial charge on any atom is -0.383 e. The Labute approximate surface area is 184 Å². The van der Waals surface area contributed by atoms with E-state index in [1.807, 2.05) is 13.8 Å². The minimum absolute atomic E-state index is 0.0857. The summed E-state index contributed by atoms with van der Waals surface area (Å²) in [4.78, 5) is 44.8. The molecular formula is C23H39N5O3. The summed E-state index contributed by atoms with van der Waals surface area (Å²) in [6.07, 6.45) is 8.44. The number of nitrogens with two attached hydrogens (primary N) is 1. The summed E-state index contributed by atoms with van der Waals surface area (Å²) >= 11 is 0. The molecule has 0 radical (unpaired) electrons. The fraction of sp³-hybridized carbons (Fsp3) is 0.783. The Morgan fingerprint density at radius 2 is 1.90 bits per heavy atom. The van der Waals surface area contributed by atoms with Crippen molar-refractivity contribution in [2.75, 3.05) is 30.3 Å². The van der Waals surface area contributed by atoms with Crippen molar-refractivity contribution < 1.29 is 4.79 Å². The monoisotopic (exact) mass is 433 g/mol. The first-order valence-corrected chi connectivity index (χ1v) is 12.1. The number of amides is 1. The molecule has 0 aromatic carbocycles. The summed E-state index contributed by atoms with van der Waals surface area (Å²) in [6, 6.07) is 0.434. The van der Waals surface area contributed by atoms with Gasteiger partial charge in [-0.25, -0.2) is 4.79 Å². The Morgan fingerprint density at radius 1 is 1.16 bits per heavy atom. The van der Waals surface area contributed by atoms with Gasteiger partial charge in [-0.3, -0.25) is 24.0 Å². The predicted molar refractivity (Wildman–Crippen MR) is 124 cm³/mol. The van der Waals surface area contributed by atoms with Gasteiger partial charge in [-0.15, -0.1) is 0 Å². The number of hydrogen-bond acceptors (Lipinski definition) is 5. The largest absolute Gasteiger partial charge is 0.383 e. The molecule has 3 N–H and O–H groups in total. The van der Waals surface area contributed by atoms with E-state index < -0.39 is 11.2 Å². The van der Waals surface area contributed by atoms with Gasteiger partial charge in [0.05, 0.1) is 6.54 Å². The number of anilines is 2. The number of rotatable bonds is 8. The van der Waals surface area contributed by atoms with Crippen LogP contribution in [0, 0.1) is 11.8 Å². The minimum atomic E-state index is -0.582. The molecule has 2 heterocycles. The van der Waals surface area contributed by atoms with Gasteiger partial charge in [0, 0.05) is 19.1 Å². The fourth-order valence-corrected chi connectivity index (χ4v) is 5.59. The molecular weight excluding hydrogens is 394 g/mol. The van der Waals surface area contributed by atoms with Crippen molar-refractivity contribution in [2.45, 2.75) is 84.7 Å². The van der Waals surface area contributed by atoms with Crippen LogP contribution in [0.1, 0.15) is 72.1 Å². The van der Waals surface area contributed by atoms with Crippen LogP contribution in [0.2, 0.25) is 0 Å². The highest BCUT2D eigenvalue weighted by atomic mass is 16.2. The molecule has 2 aliphatic rings. The number of carbonyl (C=O) groups excluding carboxylic acids is 1. The highest BCUT2D eigenvalue weighted by Crippen LogP contribution is 2.38. The van der Waals surface area contributed by atoms with E-state index in [-0.39, 0.29) is 17.4 Å². The molecule has 1 saturated heterocycles. The molecule has 2 fully saturated rings. The molecule has 0 spiro atoms. The number of carbonyl (C=O) groups is 1. The van der Waals surface area contributed by atoms with Crippen molar-refractivity contribution in [2.24, 2.45) is 11.8 Å². The van der Waals surface area contributed by atoms with Crippen LogP contribution < -0.4 is 21.9 Å². The third-order valence-corrected chi connectivity index (χ3v) is 7.05. The number of nitrogens with one attached hydrogen (secondary N) is 1. The van der Waals surface area contributed by atoms with E-state index in [1.54, 1.807) is 0 Å². The first-order chi connectivity index (χ1) is 14.9. The summed E-state index contributed by atoms with van der Waals surface area (Å²) < 4.78 is 1.36. The first-order valence-electron chi connectivity index (χ1n) is 12.1. The maximum absolute atomic E-state index is 13.5. The van der Waals surface area contributed by atoms with E-state index in [0.29, 0.717) is 43.9 Å². The van der Waals surface area contributed by atoms with E-state index >= 15 is 0 Å². The van der Waals surface area contributed by atoms with Gasteiger partial charge < -0.3 is 10.6 Å². The number of unbranched alkanes of at least 4 members (excludes halogenated alkanes) is 1. The second-order valence-electron chi connectivity index (χ2n) is 9.32. The maximum atomic E-state index is 13.5. The van der Waals surface area contributed by atoms with Crippen LogP contribution in [0.15, 0.2) is 9.59 Å². The molecule has 1 aromatic rings. The van der Waals surface area contributed by atoms with E-state index in [0.717, 1.165) is 25.8 Å². The third kappa shape index (κ3) is 5.05. The number of nitrogens with zero attached hydrogens (tertiary/aromatic N) is 3. The molecule has 8 heteroatoms. The molecule has 0 unspecified atom stereocenters. The molecule has 1 aliphatic heterocycles. The molecule has 8 nitrogen and oxygen atoms in total. The summed E-state index contributed by atoms with van der Waals surface area (Å²) in [6.45, 7) is 8.32. The van der Waals surface area contributed by atoms with Crippen molar-refractivity contribution in [3.63, 3.8) is 0 Å². The summed E-state index contributed by atoms with van der Waals surface area (Å²) in [7, 11) is 0. The normalized spacial score (nSPS) is 24.0. The van der Waals surface area contributed by atoms with Crippen LogP contribution in [-0.2, 0) is 11.3 Å². The molecule has 1 aliphatic carbocycles. The number of aromatic amines is 1. The molecule has 3 atom stereocenters. The average molecular weight is 434 g/mol. The lowest BCUT2D eigenvalue weighted by molar-refractivity contribution is -0.122. The topological polar surface area (TPSA) is 104 Å². The van der Waals surface area contributed by atoms with Crippen molar-refractivity contribution in [1.29, 1.82) is 0 Å². The van der Waals surface area contributed by atoms with Gasteiger partial charge in [0.2, 0.25) is 5.91 Å². The average Bonchev–Trinajstić information content (AvgIpc) is 2.73. The standard InChI is InChI=1S/C23H39N5O3/c1-4-6-14-27(20-21(24)28(12-5-2)23(31)25-22(20)30)18(29)15-26-13-8-11-17-10-7-9-16(3)19(17)26/h16-17,19H,4-15,24H2,1-3H3,(H,25,30,31)/t16-,17-,19-/m0/s1. The Morgan fingerprint density at radius 3 is 2.61 bits per heavy atom. The number of H-pyrrole nitrogens is 1. The van der Waals surface area contributed by atoms with Crippen LogP contribution in [0.25, 0.3) is 0 Å². The molecule has 1 amide bonds. The zero-order valence-electron chi connectivity index (χ0n) is 19.4. The number of aromatic nitrogens is 2. The molecule has 1 saturated carbocycles. The van der Waals surface area contributed by atoms with E-state index in [2.05, 4.69) is 16.8 Å². The van der Waals surface area contributed by atoms with Crippen molar-refractivity contribution >= 4 is 17.4 Å². The Hall–Kier alpha value is -2.09. The number of fused-ring (bicyclic) bond motifs is 1. The summed E-state index contributed by atoms with van der Waals surface area (Å²) in [5.74, 6) is 1.22. The van der Waals surface area contributed by atoms with Gasteiger partial charge in [-0.2, -0.15) is 0 Å². The maximum Gasteiger partial charge on any atom is 0.330 e. The SMILES string of the molecule is CCCCN(C(=O)CN1CCC[C@@H]2CCC[C@H](C)[C@@H]21)c1c(N)n(CCC)c(=O)[nH]c1=O. The Bertz CT molecular complexity index is 875. The van der Waals surface area contributed by atoms with Crippen LogP contribution in [-0.4, -0.2) is 46.0 Å². The van der Waals surface area contributed by atoms with Crippen LogP contribution >= 0.6 is 0 Å². The first kappa shape index (κ1) is 23.6. The van der Waals surface area contributed by atoms with Gasteiger partial charge in [-0.05, 0) is 56.9 Å². The summed E-state index contributed by atoms with van der Waals surface area (Å²) in [5.41, 5.74) is 5.30. The highest BCUT2D eigenvalue weighted by Gasteiger charge is 2.39.